The molecule has 19 nitrogen and oxygen atoms in total. The molecule has 2 aromatic carbocycles. The zero-order chi connectivity index (χ0) is 46.4. The predicted molar refractivity (Wildman–Crippen MR) is 254 cm³/mol. The third-order valence-electron chi connectivity index (χ3n) is 11.2. The van der Waals surface area contributed by atoms with Crippen LogP contribution < -0.4 is 32.6 Å². The van der Waals surface area contributed by atoms with Crippen molar-refractivity contribution < 1.29 is 23.9 Å². The second-order valence-corrected chi connectivity index (χ2v) is 17.7. The number of hydrogen-bond acceptors (Lipinski definition) is 14. The van der Waals surface area contributed by atoms with E-state index in [-0.39, 0.29) is 36.5 Å². The minimum atomic E-state index is -0.642. The maximum absolute atomic E-state index is 13.9. The van der Waals surface area contributed by atoms with E-state index in [4.69, 9.17) is 31.9 Å². The number of carbonyl (C=O) groups is 4. The summed E-state index contributed by atoms with van der Waals surface area (Å²) < 4.78 is 11.8. The molecule has 1 aliphatic heterocycles. The van der Waals surface area contributed by atoms with Crippen LogP contribution in [0.15, 0.2) is 47.4 Å². The number of primary amides is 2. The first-order chi connectivity index (χ1) is 31.3. The highest BCUT2D eigenvalue weighted by molar-refractivity contribution is 7.98. The lowest BCUT2D eigenvalue weighted by molar-refractivity contribution is 0.0991. The van der Waals surface area contributed by atoms with Crippen LogP contribution in [0.25, 0.3) is 22.1 Å². The molecular weight excluding hydrogens is 869 g/mol. The number of thiazole rings is 1. The molecule has 7 rings (SSSR count). The van der Waals surface area contributed by atoms with Crippen LogP contribution in [0.2, 0.25) is 0 Å². The van der Waals surface area contributed by atoms with Crippen molar-refractivity contribution >= 4 is 80.7 Å². The number of nitrogens with zero attached hydrogens (tertiary/aromatic N) is 9. The van der Waals surface area contributed by atoms with E-state index in [2.05, 4.69) is 30.5 Å². The van der Waals surface area contributed by atoms with E-state index < -0.39 is 17.7 Å². The Morgan fingerprint density at radius 1 is 0.815 bits per heavy atom. The lowest BCUT2D eigenvalue weighted by atomic mass is 10.1. The average Bonchev–Trinajstić information content (AvgIpc) is 4.06. The van der Waals surface area contributed by atoms with Gasteiger partial charge in [0.05, 0.1) is 39.6 Å². The number of benzene rings is 2. The molecule has 1 fully saturated rings. The first-order valence-electron chi connectivity index (χ1n) is 21.6. The molecule has 4 amide bonds. The van der Waals surface area contributed by atoms with Crippen LogP contribution >= 0.6 is 23.1 Å². The fourth-order valence-corrected chi connectivity index (χ4v) is 9.54. The molecule has 0 aliphatic carbocycles. The fourth-order valence-electron chi connectivity index (χ4n) is 7.99. The molecule has 6 aromatic rings. The Morgan fingerprint density at radius 3 is 2.02 bits per heavy atom. The third kappa shape index (κ3) is 10.5. The number of carbonyl (C=O) groups excluding carboxylic acids is 4. The van der Waals surface area contributed by atoms with Gasteiger partial charge in [-0.2, -0.15) is 5.10 Å². The number of allylic oxidation sites excluding steroid dienone is 2. The summed E-state index contributed by atoms with van der Waals surface area (Å²) in [5.41, 5.74) is 21.7. The Hall–Kier alpha value is -6.13. The summed E-state index contributed by atoms with van der Waals surface area (Å²) in [6, 6.07) is 8.25. The van der Waals surface area contributed by atoms with Gasteiger partial charge in [0.1, 0.15) is 21.8 Å². The summed E-state index contributed by atoms with van der Waals surface area (Å²) in [6.07, 6.45) is 7.01. The minimum absolute atomic E-state index is 0.207. The second kappa shape index (κ2) is 20.8. The number of nitrogens with two attached hydrogens (primary N) is 3. The molecule has 21 heteroatoms. The van der Waals surface area contributed by atoms with Gasteiger partial charge >= 0.3 is 0 Å². The lowest BCUT2D eigenvalue weighted by Gasteiger charge is -2.34. The van der Waals surface area contributed by atoms with Crippen molar-refractivity contribution in [2.75, 3.05) is 69.3 Å². The Morgan fingerprint density at radius 2 is 1.42 bits per heavy atom. The molecule has 0 atom stereocenters. The maximum Gasteiger partial charge on any atom is 0.276 e. The smallest absolute Gasteiger partial charge is 0.276 e. The number of aromatic nitrogens is 7. The molecule has 65 heavy (non-hydrogen) atoms. The highest BCUT2D eigenvalue weighted by atomic mass is 32.2. The topological polar surface area (TPSA) is 252 Å². The Kier molecular flexibility index (Phi) is 15.0. The average molecular weight is 925 g/mol. The number of thioether (sulfide) groups is 1. The molecule has 5 heterocycles. The molecule has 1 saturated heterocycles. The van der Waals surface area contributed by atoms with E-state index in [1.165, 1.54) is 23.1 Å². The molecule has 0 saturated carbocycles. The summed E-state index contributed by atoms with van der Waals surface area (Å²) in [5, 5.41) is 11.2. The van der Waals surface area contributed by atoms with Gasteiger partial charge in [-0.05, 0) is 70.2 Å². The van der Waals surface area contributed by atoms with Crippen LogP contribution in [-0.4, -0.2) is 126 Å². The van der Waals surface area contributed by atoms with E-state index in [9.17, 15) is 19.2 Å². The summed E-state index contributed by atoms with van der Waals surface area (Å²) in [7, 11) is 0. The highest BCUT2D eigenvalue weighted by Gasteiger charge is 2.24. The number of fused-ring (bicyclic) bond motifs is 2. The Balaban J connectivity index is 1.22. The third-order valence-corrected chi connectivity index (χ3v) is 12.9. The number of rotatable bonds is 20. The molecule has 4 aromatic heterocycles. The normalized spacial score (nSPS) is 13.6. The van der Waals surface area contributed by atoms with Gasteiger partial charge in [-0.1, -0.05) is 19.1 Å². The van der Waals surface area contributed by atoms with Gasteiger partial charge in [0, 0.05) is 81.5 Å². The van der Waals surface area contributed by atoms with Crippen LogP contribution in [0.1, 0.15) is 77.5 Å². The number of anilines is 2. The molecule has 0 spiro atoms. The van der Waals surface area contributed by atoms with Gasteiger partial charge in [-0.15, -0.1) is 23.1 Å². The summed E-state index contributed by atoms with van der Waals surface area (Å²) in [5.74, 6) is -1.10. The van der Waals surface area contributed by atoms with Crippen LogP contribution in [0.5, 0.6) is 5.75 Å². The number of nitrogens with one attached hydrogen (secondary N) is 2. The van der Waals surface area contributed by atoms with E-state index in [0.29, 0.717) is 81.5 Å². The van der Waals surface area contributed by atoms with Gasteiger partial charge < -0.3 is 36.0 Å². The van der Waals surface area contributed by atoms with Crippen molar-refractivity contribution in [2.24, 2.45) is 17.2 Å². The lowest BCUT2D eigenvalue weighted by Crippen LogP contribution is -2.48. The van der Waals surface area contributed by atoms with Gasteiger partial charge in [0.15, 0.2) is 0 Å². The van der Waals surface area contributed by atoms with E-state index in [1.54, 1.807) is 35.0 Å². The number of hydrogen-bond donors (Lipinski definition) is 5. The summed E-state index contributed by atoms with van der Waals surface area (Å²) in [4.78, 5) is 72.7. The van der Waals surface area contributed by atoms with E-state index in [1.807, 2.05) is 55.2 Å². The van der Waals surface area contributed by atoms with Crippen molar-refractivity contribution in [1.82, 2.24) is 43.7 Å². The monoisotopic (exact) mass is 924 g/mol. The van der Waals surface area contributed by atoms with Gasteiger partial charge in [-0.3, -0.25) is 39.4 Å². The quantitative estimate of drug-likeness (QED) is 0.0408. The van der Waals surface area contributed by atoms with Crippen LogP contribution in [-0.2, 0) is 26.1 Å². The molecule has 0 bridgehead atoms. The first kappa shape index (κ1) is 46.9. The number of aryl methyl sites for hydroxylation is 4. The number of piperazine rings is 1. The Labute approximate surface area is 384 Å². The number of amides is 4. The Bertz CT molecular complexity index is 2760. The minimum Gasteiger partial charge on any atom is -0.491 e. The van der Waals surface area contributed by atoms with E-state index >= 15 is 0 Å². The first-order valence-corrected chi connectivity index (χ1v) is 23.6. The van der Waals surface area contributed by atoms with E-state index in [0.717, 1.165) is 55.6 Å². The maximum atomic E-state index is 13.9. The molecular formula is C44H56N14O5S2. The highest BCUT2D eigenvalue weighted by Crippen LogP contribution is 2.34. The van der Waals surface area contributed by atoms with Crippen molar-refractivity contribution in [3.63, 3.8) is 0 Å². The van der Waals surface area contributed by atoms with Crippen molar-refractivity contribution in [1.29, 1.82) is 0 Å². The second-order valence-electron chi connectivity index (χ2n) is 15.6. The molecule has 0 radical (unpaired) electrons. The zero-order valence-electron chi connectivity index (χ0n) is 37.3. The number of imidazole rings is 2. The van der Waals surface area contributed by atoms with Crippen molar-refractivity contribution in [2.45, 2.75) is 65.1 Å². The fraction of sp³-hybridized carbons (Fsp3) is 0.409. The van der Waals surface area contributed by atoms with Gasteiger partial charge in [0.2, 0.25) is 23.7 Å². The molecule has 0 unspecified atom stereocenters. The largest absolute Gasteiger partial charge is 0.491 e. The molecule has 8 N–H and O–H groups in total. The van der Waals surface area contributed by atoms with Crippen LogP contribution in [0, 0.1) is 13.8 Å². The summed E-state index contributed by atoms with van der Waals surface area (Å²) >= 11 is 2.73. The van der Waals surface area contributed by atoms with Crippen molar-refractivity contribution in [3.8, 4) is 5.75 Å². The SMILES string of the molecule is CCc1nc(C)sc1C(=O)Nc1nc2cc(C(N)=O)cc(OCCCN3CCN(CCN)CC3)c2n1C/C=C/Cn1c(NC(=O)c2cc(C)nn2CC)nc2cc(C(N)=O)cc(SC)c21. The predicted octanol–water partition coefficient (Wildman–Crippen LogP) is 4.26. The molecule has 1 aliphatic rings. The summed E-state index contributed by atoms with van der Waals surface area (Å²) in [6.45, 7) is 15.0. The van der Waals surface area contributed by atoms with Gasteiger partial charge in [-0.25, -0.2) is 15.0 Å². The van der Waals surface area contributed by atoms with Crippen LogP contribution in [0.3, 0.4) is 0 Å². The van der Waals surface area contributed by atoms with Crippen molar-refractivity contribution in [3.05, 3.63) is 80.6 Å². The van der Waals surface area contributed by atoms with Gasteiger partial charge in [0.25, 0.3) is 11.8 Å². The standard InChI is InChI=1S/C44H56N14O5S2/c1-6-30-38(65-27(4)48-30)42(62)52-44-49-31-22-28(39(46)59)24-34(63-20-10-12-54-16-18-55(15-11-45)19-17-54)36(31)56(44)13-8-9-14-57-37-32(23-29(40(47)60)25-35(37)64-5)50-43(57)51-41(61)33-21-26(3)53-58(33)7-2/h8-9,21-25H,6-7,10-20,45H2,1-5H3,(H2,46,59)(H2,47,60)(H,49,52,62)(H,50,51,61)/b9-8+. The zero-order valence-corrected chi connectivity index (χ0v) is 39.0. The number of ether oxygens (including phenoxy) is 1. The van der Waals surface area contributed by atoms with Crippen LogP contribution in [0.4, 0.5) is 11.9 Å². The molecule has 344 valence electrons.